The molecule has 0 radical (unpaired) electrons. The molecule has 6 heteroatoms. The number of thioether (sulfide) groups is 1. The lowest BCUT2D eigenvalue weighted by molar-refractivity contribution is -0.146. The van der Waals surface area contributed by atoms with Gasteiger partial charge in [-0.25, -0.2) is 0 Å². The molecule has 0 N–H and O–H groups in total. The lowest BCUT2D eigenvalue weighted by Crippen LogP contribution is -2.46. The lowest BCUT2D eigenvalue weighted by Gasteiger charge is -2.33. The van der Waals surface area contributed by atoms with Crippen molar-refractivity contribution in [2.75, 3.05) is 13.1 Å². The minimum absolute atomic E-state index is 0.143. The van der Waals surface area contributed by atoms with Crippen LogP contribution in [0.1, 0.15) is 39.0 Å². The van der Waals surface area contributed by atoms with E-state index in [0.717, 1.165) is 30.6 Å². The van der Waals surface area contributed by atoms with Crippen LogP contribution in [0.4, 0.5) is 13.2 Å². The number of carbonyl (C=O) groups excluding carboxylic acids is 1. The Hall–Kier alpha value is -1.17. The fraction of sp³-hybridized carbons (Fsp3) is 0.588. The van der Waals surface area contributed by atoms with Gasteiger partial charge in [-0.15, -0.1) is 11.8 Å². The molecule has 1 fully saturated rings. The van der Waals surface area contributed by atoms with E-state index in [1.165, 1.54) is 16.7 Å². The molecule has 0 atom stereocenters. The fourth-order valence-corrected chi connectivity index (χ4v) is 4.43. The Morgan fingerprint density at radius 2 is 1.83 bits per heavy atom. The smallest absolute Gasteiger partial charge is 0.341 e. The summed E-state index contributed by atoms with van der Waals surface area (Å²) in [6, 6.07) is 9.64. The summed E-state index contributed by atoms with van der Waals surface area (Å²) in [6.45, 7) is 1.80. The Bertz CT molecular complexity index is 512. The predicted molar refractivity (Wildman–Crippen MR) is 86.4 cm³/mol. The molecule has 0 saturated heterocycles. The predicted octanol–water partition coefficient (Wildman–Crippen LogP) is 4.89. The van der Waals surface area contributed by atoms with Crippen LogP contribution in [0.25, 0.3) is 0 Å². The average molecular weight is 345 g/mol. The first-order chi connectivity index (χ1) is 10.9. The summed E-state index contributed by atoms with van der Waals surface area (Å²) in [5.74, 6) is -0.143. The highest BCUT2D eigenvalue weighted by atomic mass is 32.2. The molecule has 0 spiro atoms. The van der Waals surface area contributed by atoms with Crippen LogP contribution >= 0.6 is 11.8 Å². The molecule has 23 heavy (non-hydrogen) atoms. The molecule has 2 nitrogen and oxygen atoms in total. The standard InChI is InChI=1S/C17H22F3NOS/c1-2-21(13-12-17(18,19)20)15(22)16(10-6-7-11-16)23-14-8-4-3-5-9-14/h3-5,8-9H,2,6-7,10-13H2,1H3. The second kappa shape index (κ2) is 7.60. The fourth-order valence-electron chi connectivity index (χ4n) is 2.97. The Morgan fingerprint density at radius 3 is 2.35 bits per heavy atom. The van der Waals surface area contributed by atoms with Gasteiger partial charge in [0, 0.05) is 18.0 Å². The maximum Gasteiger partial charge on any atom is 0.390 e. The second-order valence-corrected chi connectivity index (χ2v) is 7.32. The van der Waals surface area contributed by atoms with Crippen molar-refractivity contribution in [1.29, 1.82) is 0 Å². The van der Waals surface area contributed by atoms with Crippen LogP contribution in [0.2, 0.25) is 0 Å². The van der Waals surface area contributed by atoms with Crippen LogP contribution in [0.15, 0.2) is 35.2 Å². The topological polar surface area (TPSA) is 20.3 Å². The number of hydrogen-bond acceptors (Lipinski definition) is 2. The maximum atomic E-state index is 13.0. The summed E-state index contributed by atoms with van der Waals surface area (Å²) in [6.07, 6.45) is -1.83. The molecule has 0 bridgehead atoms. The number of amides is 1. The quantitative estimate of drug-likeness (QED) is 0.731. The Labute approximate surface area is 139 Å². The number of rotatable bonds is 6. The van der Waals surface area contributed by atoms with E-state index in [-0.39, 0.29) is 12.5 Å². The van der Waals surface area contributed by atoms with E-state index >= 15 is 0 Å². The van der Waals surface area contributed by atoms with Gasteiger partial charge in [0.15, 0.2) is 0 Å². The van der Waals surface area contributed by atoms with E-state index < -0.39 is 17.3 Å². The van der Waals surface area contributed by atoms with Gasteiger partial charge in [-0.2, -0.15) is 13.2 Å². The van der Waals surface area contributed by atoms with Gasteiger partial charge in [0.25, 0.3) is 0 Å². The van der Waals surface area contributed by atoms with Crippen molar-refractivity contribution in [2.24, 2.45) is 0 Å². The summed E-state index contributed by atoms with van der Waals surface area (Å²) in [5.41, 5.74) is 0. The molecule has 0 aliphatic heterocycles. The molecule has 1 aromatic carbocycles. The summed E-state index contributed by atoms with van der Waals surface area (Å²) >= 11 is 1.51. The van der Waals surface area contributed by atoms with Gasteiger partial charge in [0.2, 0.25) is 5.91 Å². The molecule has 1 aromatic rings. The molecule has 128 valence electrons. The number of carbonyl (C=O) groups is 1. The molecule has 1 saturated carbocycles. The van der Waals surface area contributed by atoms with Crippen molar-refractivity contribution < 1.29 is 18.0 Å². The van der Waals surface area contributed by atoms with Gasteiger partial charge < -0.3 is 4.90 Å². The number of benzene rings is 1. The normalized spacial score (nSPS) is 17.2. The third kappa shape index (κ3) is 4.90. The third-order valence-corrected chi connectivity index (χ3v) is 5.67. The number of nitrogens with zero attached hydrogens (tertiary/aromatic N) is 1. The highest BCUT2D eigenvalue weighted by Crippen LogP contribution is 2.46. The monoisotopic (exact) mass is 345 g/mol. The van der Waals surface area contributed by atoms with Crippen LogP contribution in [0.3, 0.4) is 0 Å². The molecule has 1 aliphatic carbocycles. The van der Waals surface area contributed by atoms with Crippen molar-refractivity contribution in [3.05, 3.63) is 30.3 Å². The van der Waals surface area contributed by atoms with Gasteiger partial charge in [-0.1, -0.05) is 31.0 Å². The molecule has 0 heterocycles. The zero-order chi connectivity index (χ0) is 16.9. The molecule has 2 rings (SSSR count). The van der Waals surface area contributed by atoms with Crippen molar-refractivity contribution in [2.45, 2.75) is 54.8 Å². The molecule has 1 aliphatic rings. The van der Waals surface area contributed by atoms with Crippen molar-refractivity contribution in [1.82, 2.24) is 4.90 Å². The molecule has 0 aromatic heterocycles. The SMILES string of the molecule is CCN(CCC(F)(F)F)C(=O)C1(Sc2ccccc2)CCCC1. The first-order valence-electron chi connectivity index (χ1n) is 7.96. The second-order valence-electron chi connectivity index (χ2n) is 5.87. The Morgan fingerprint density at radius 1 is 1.22 bits per heavy atom. The van der Waals surface area contributed by atoms with Gasteiger partial charge in [-0.3, -0.25) is 4.79 Å². The molecular formula is C17H22F3NOS. The first-order valence-corrected chi connectivity index (χ1v) is 8.78. The highest BCUT2D eigenvalue weighted by Gasteiger charge is 2.44. The van der Waals surface area contributed by atoms with Crippen LogP contribution in [0.5, 0.6) is 0 Å². The Kier molecular flexibility index (Phi) is 6.00. The van der Waals surface area contributed by atoms with Crippen molar-refractivity contribution in [3.8, 4) is 0 Å². The van der Waals surface area contributed by atoms with Gasteiger partial charge in [-0.05, 0) is 31.9 Å². The zero-order valence-electron chi connectivity index (χ0n) is 13.2. The van der Waals surface area contributed by atoms with Crippen LogP contribution < -0.4 is 0 Å². The lowest BCUT2D eigenvalue weighted by atomic mass is 10.1. The molecule has 1 amide bonds. The summed E-state index contributed by atoms with van der Waals surface area (Å²) in [7, 11) is 0. The minimum atomic E-state index is -4.23. The summed E-state index contributed by atoms with van der Waals surface area (Å²) in [4.78, 5) is 15.3. The number of halogens is 3. The van der Waals surface area contributed by atoms with Crippen molar-refractivity contribution >= 4 is 17.7 Å². The van der Waals surface area contributed by atoms with Gasteiger partial charge in [0.05, 0.1) is 11.2 Å². The van der Waals surface area contributed by atoms with Crippen LogP contribution in [0, 0.1) is 0 Å². The van der Waals surface area contributed by atoms with E-state index in [0.29, 0.717) is 6.54 Å². The Balaban J connectivity index is 2.13. The largest absolute Gasteiger partial charge is 0.390 e. The summed E-state index contributed by atoms with van der Waals surface area (Å²) < 4.78 is 36.9. The minimum Gasteiger partial charge on any atom is -0.341 e. The number of hydrogen-bond donors (Lipinski definition) is 0. The van der Waals surface area contributed by atoms with Crippen LogP contribution in [-0.2, 0) is 4.79 Å². The third-order valence-electron chi connectivity index (χ3n) is 4.19. The highest BCUT2D eigenvalue weighted by molar-refractivity contribution is 8.01. The van der Waals surface area contributed by atoms with Gasteiger partial charge >= 0.3 is 6.18 Å². The summed E-state index contributed by atoms with van der Waals surface area (Å²) in [5, 5.41) is 0. The van der Waals surface area contributed by atoms with E-state index in [2.05, 4.69) is 0 Å². The van der Waals surface area contributed by atoms with Crippen LogP contribution in [-0.4, -0.2) is 34.8 Å². The first kappa shape index (κ1) is 18.2. The van der Waals surface area contributed by atoms with Crippen molar-refractivity contribution in [3.63, 3.8) is 0 Å². The zero-order valence-corrected chi connectivity index (χ0v) is 14.1. The maximum absolute atomic E-state index is 13.0. The molecular weight excluding hydrogens is 323 g/mol. The van der Waals surface area contributed by atoms with E-state index in [1.807, 2.05) is 30.3 Å². The number of alkyl halides is 3. The van der Waals surface area contributed by atoms with E-state index in [4.69, 9.17) is 0 Å². The van der Waals surface area contributed by atoms with Gasteiger partial charge in [0.1, 0.15) is 0 Å². The molecule has 0 unspecified atom stereocenters. The van der Waals surface area contributed by atoms with E-state index in [1.54, 1.807) is 6.92 Å². The van der Waals surface area contributed by atoms with E-state index in [9.17, 15) is 18.0 Å². The average Bonchev–Trinajstić information content (AvgIpc) is 2.97.